The second kappa shape index (κ2) is 4.94. The van der Waals surface area contributed by atoms with Crippen LogP contribution in [0.25, 0.3) is 11.0 Å². The summed E-state index contributed by atoms with van der Waals surface area (Å²) >= 11 is 0. The molecule has 2 heterocycles. The standard InChI is InChI=1S/C13H20N4O/c1-4-6-13(2,18)8-15-12-11-10(5-7-14-12)17(3)9-16-11/h5,7,9,18H,4,6,8H2,1-3H3,(H,14,15). The molecule has 98 valence electrons. The highest BCUT2D eigenvalue weighted by molar-refractivity contribution is 5.85. The van der Waals surface area contributed by atoms with Gasteiger partial charge >= 0.3 is 0 Å². The molecule has 0 aliphatic heterocycles. The van der Waals surface area contributed by atoms with E-state index in [1.807, 2.05) is 24.6 Å². The molecule has 2 aromatic rings. The minimum atomic E-state index is -0.715. The zero-order valence-corrected chi connectivity index (χ0v) is 11.1. The van der Waals surface area contributed by atoms with E-state index in [0.29, 0.717) is 6.54 Å². The molecule has 0 aromatic carbocycles. The van der Waals surface area contributed by atoms with Crippen LogP contribution in [0.5, 0.6) is 0 Å². The molecule has 0 bridgehead atoms. The lowest BCUT2D eigenvalue weighted by Gasteiger charge is -2.23. The fraction of sp³-hybridized carbons (Fsp3) is 0.538. The summed E-state index contributed by atoms with van der Waals surface area (Å²) in [5, 5.41) is 13.3. The number of aliphatic hydroxyl groups is 1. The van der Waals surface area contributed by atoms with Crippen molar-refractivity contribution in [3.63, 3.8) is 0 Å². The Kier molecular flexibility index (Phi) is 3.52. The number of imidazole rings is 1. The van der Waals surface area contributed by atoms with Crippen LogP contribution in [-0.2, 0) is 7.05 Å². The van der Waals surface area contributed by atoms with Gasteiger partial charge in [-0.2, -0.15) is 0 Å². The molecule has 0 aliphatic carbocycles. The highest BCUT2D eigenvalue weighted by Crippen LogP contribution is 2.20. The Bertz CT molecular complexity index is 533. The molecular formula is C13H20N4O. The van der Waals surface area contributed by atoms with Crippen LogP contribution in [0.3, 0.4) is 0 Å². The van der Waals surface area contributed by atoms with Gasteiger partial charge in [-0.05, 0) is 19.4 Å². The first-order valence-corrected chi connectivity index (χ1v) is 6.26. The lowest BCUT2D eigenvalue weighted by atomic mass is 10.0. The maximum absolute atomic E-state index is 10.1. The predicted molar refractivity (Wildman–Crippen MR) is 72.5 cm³/mol. The maximum atomic E-state index is 10.1. The molecule has 0 saturated carbocycles. The number of rotatable bonds is 5. The average molecular weight is 248 g/mol. The van der Waals surface area contributed by atoms with Gasteiger partial charge in [0.15, 0.2) is 5.82 Å². The zero-order chi connectivity index (χ0) is 13.2. The molecule has 18 heavy (non-hydrogen) atoms. The van der Waals surface area contributed by atoms with Gasteiger partial charge in [-0.1, -0.05) is 13.3 Å². The van der Waals surface area contributed by atoms with E-state index in [0.717, 1.165) is 29.7 Å². The Hall–Kier alpha value is -1.62. The number of nitrogens with zero attached hydrogens (tertiary/aromatic N) is 3. The highest BCUT2D eigenvalue weighted by atomic mass is 16.3. The summed E-state index contributed by atoms with van der Waals surface area (Å²) in [6.45, 7) is 4.37. The Balaban J connectivity index is 2.17. The quantitative estimate of drug-likeness (QED) is 0.848. The molecular weight excluding hydrogens is 228 g/mol. The van der Waals surface area contributed by atoms with Crippen molar-refractivity contribution in [1.29, 1.82) is 0 Å². The van der Waals surface area contributed by atoms with Crippen LogP contribution in [0.1, 0.15) is 26.7 Å². The lowest BCUT2D eigenvalue weighted by Crippen LogP contribution is -2.33. The molecule has 2 N–H and O–H groups in total. The number of anilines is 1. The summed E-state index contributed by atoms with van der Waals surface area (Å²) < 4.78 is 1.95. The zero-order valence-electron chi connectivity index (χ0n) is 11.1. The van der Waals surface area contributed by atoms with E-state index in [2.05, 4.69) is 22.2 Å². The normalized spacial score (nSPS) is 14.7. The van der Waals surface area contributed by atoms with Crippen LogP contribution in [0.2, 0.25) is 0 Å². The van der Waals surface area contributed by atoms with Crippen LogP contribution in [0, 0.1) is 0 Å². The fourth-order valence-corrected chi connectivity index (χ4v) is 2.09. The molecule has 2 aromatic heterocycles. The van der Waals surface area contributed by atoms with Gasteiger partial charge in [-0.25, -0.2) is 9.97 Å². The van der Waals surface area contributed by atoms with Gasteiger partial charge in [0.2, 0.25) is 0 Å². The van der Waals surface area contributed by atoms with Gasteiger partial charge in [0, 0.05) is 19.8 Å². The van der Waals surface area contributed by atoms with Gasteiger partial charge in [0.05, 0.1) is 17.4 Å². The van der Waals surface area contributed by atoms with Gasteiger partial charge in [-0.15, -0.1) is 0 Å². The van der Waals surface area contributed by atoms with Crippen LogP contribution in [-0.4, -0.2) is 31.8 Å². The van der Waals surface area contributed by atoms with E-state index in [9.17, 15) is 5.11 Å². The van der Waals surface area contributed by atoms with Crippen molar-refractivity contribution < 1.29 is 5.11 Å². The Morgan fingerprint density at radius 3 is 2.94 bits per heavy atom. The van der Waals surface area contributed by atoms with Crippen LogP contribution >= 0.6 is 0 Å². The van der Waals surface area contributed by atoms with E-state index < -0.39 is 5.60 Å². The summed E-state index contributed by atoms with van der Waals surface area (Å²) in [4.78, 5) is 8.61. The molecule has 0 radical (unpaired) electrons. The summed E-state index contributed by atoms with van der Waals surface area (Å²) in [5.41, 5.74) is 1.16. The molecule has 5 heteroatoms. The highest BCUT2D eigenvalue weighted by Gasteiger charge is 2.19. The Morgan fingerprint density at radius 2 is 2.22 bits per heavy atom. The van der Waals surface area contributed by atoms with E-state index in [-0.39, 0.29) is 0 Å². The predicted octanol–water partition coefficient (Wildman–Crippen LogP) is 1.93. The molecule has 5 nitrogen and oxygen atoms in total. The van der Waals surface area contributed by atoms with E-state index in [1.54, 1.807) is 12.5 Å². The third-order valence-corrected chi connectivity index (χ3v) is 3.07. The second-order valence-corrected chi connectivity index (χ2v) is 4.98. The minimum Gasteiger partial charge on any atom is -0.388 e. The van der Waals surface area contributed by atoms with Crippen LogP contribution in [0.4, 0.5) is 5.82 Å². The average Bonchev–Trinajstić information content (AvgIpc) is 2.69. The molecule has 2 rings (SSSR count). The van der Waals surface area contributed by atoms with Crippen LogP contribution in [0.15, 0.2) is 18.6 Å². The SMILES string of the molecule is CCCC(C)(O)CNc1nccc2c1ncn2C. The smallest absolute Gasteiger partial charge is 0.154 e. The van der Waals surface area contributed by atoms with Gasteiger partial charge < -0.3 is 15.0 Å². The second-order valence-electron chi connectivity index (χ2n) is 4.98. The van der Waals surface area contributed by atoms with Crippen molar-refractivity contribution in [2.75, 3.05) is 11.9 Å². The number of hydrogen-bond acceptors (Lipinski definition) is 4. The fourth-order valence-electron chi connectivity index (χ4n) is 2.09. The first-order valence-electron chi connectivity index (χ1n) is 6.26. The molecule has 1 atom stereocenters. The number of hydrogen-bond donors (Lipinski definition) is 2. The van der Waals surface area contributed by atoms with Crippen molar-refractivity contribution in [3.8, 4) is 0 Å². The molecule has 1 unspecified atom stereocenters. The Labute approximate surface area is 107 Å². The first kappa shape index (κ1) is 12.8. The van der Waals surface area contributed by atoms with E-state index >= 15 is 0 Å². The number of aryl methyl sites for hydroxylation is 1. The molecule has 0 amide bonds. The van der Waals surface area contributed by atoms with Gasteiger partial charge in [0.25, 0.3) is 0 Å². The number of aromatic nitrogens is 3. The van der Waals surface area contributed by atoms with Crippen molar-refractivity contribution >= 4 is 16.9 Å². The summed E-state index contributed by atoms with van der Waals surface area (Å²) in [6.07, 6.45) is 5.23. The first-order chi connectivity index (χ1) is 8.53. The number of fused-ring (bicyclic) bond motifs is 1. The molecule has 0 fully saturated rings. The van der Waals surface area contributed by atoms with Crippen molar-refractivity contribution in [2.45, 2.75) is 32.3 Å². The topological polar surface area (TPSA) is 63.0 Å². The summed E-state index contributed by atoms with van der Waals surface area (Å²) in [7, 11) is 1.95. The van der Waals surface area contributed by atoms with Crippen LogP contribution < -0.4 is 5.32 Å². The number of pyridine rings is 1. The lowest BCUT2D eigenvalue weighted by molar-refractivity contribution is 0.0636. The maximum Gasteiger partial charge on any atom is 0.154 e. The third-order valence-electron chi connectivity index (χ3n) is 3.07. The summed E-state index contributed by atoms with van der Waals surface area (Å²) in [6, 6.07) is 1.93. The molecule has 0 aliphatic rings. The van der Waals surface area contributed by atoms with Crippen molar-refractivity contribution in [2.24, 2.45) is 7.05 Å². The van der Waals surface area contributed by atoms with Gasteiger partial charge in [-0.3, -0.25) is 0 Å². The minimum absolute atomic E-state index is 0.476. The van der Waals surface area contributed by atoms with E-state index in [1.165, 1.54) is 0 Å². The van der Waals surface area contributed by atoms with E-state index in [4.69, 9.17) is 0 Å². The monoisotopic (exact) mass is 248 g/mol. The van der Waals surface area contributed by atoms with Crippen molar-refractivity contribution in [1.82, 2.24) is 14.5 Å². The van der Waals surface area contributed by atoms with Gasteiger partial charge in [0.1, 0.15) is 5.52 Å². The number of nitrogens with one attached hydrogen (secondary N) is 1. The molecule has 0 spiro atoms. The largest absolute Gasteiger partial charge is 0.388 e. The third kappa shape index (κ3) is 2.61. The summed E-state index contributed by atoms with van der Waals surface area (Å²) in [5.74, 6) is 0.726. The Morgan fingerprint density at radius 1 is 1.44 bits per heavy atom. The molecule has 0 saturated heterocycles. The van der Waals surface area contributed by atoms with Crippen molar-refractivity contribution in [3.05, 3.63) is 18.6 Å².